The van der Waals surface area contributed by atoms with Crippen molar-refractivity contribution in [1.29, 1.82) is 0 Å². The molecule has 1 saturated heterocycles. The Morgan fingerprint density at radius 2 is 1.77 bits per heavy atom. The quantitative estimate of drug-likeness (QED) is 0.477. The van der Waals surface area contributed by atoms with Crippen LogP contribution in [0.15, 0.2) is 52.4 Å². The Hall–Kier alpha value is -2.78. The highest BCUT2D eigenvalue weighted by molar-refractivity contribution is 7.89. The van der Waals surface area contributed by atoms with E-state index in [0.717, 1.165) is 30.4 Å². The van der Waals surface area contributed by atoms with Crippen LogP contribution in [-0.2, 0) is 23.1 Å². The molecular formula is C22H30N4O4S. The molecule has 1 fully saturated rings. The SMILES string of the molecule is COc1ccc(CNC(N)=NCc2cccc(S(=O)(=O)N3CCCCC3)c2)cc1OC. The zero-order chi connectivity index (χ0) is 22.3. The van der Waals surface area contributed by atoms with Gasteiger partial charge in [-0.3, -0.25) is 0 Å². The van der Waals surface area contributed by atoms with Gasteiger partial charge in [-0.1, -0.05) is 24.6 Å². The van der Waals surface area contributed by atoms with Crippen molar-refractivity contribution in [3.63, 3.8) is 0 Å². The van der Waals surface area contributed by atoms with Gasteiger partial charge in [0.2, 0.25) is 10.0 Å². The lowest BCUT2D eigenvalue weighted by atomic mass is 10.2. The van der Waals surface area contributed by atoms with Gasteiger partial charge in [0.25, 0.3) is 0 Å². The highest BCUT2D eigenvalue weighted by atomic mass is 32.2. The largest absolute Gasteiger partial charge is 0.493 e. The summed E-state index contributed by atoms with van der Waals surface area (Å²) in [5, 5.41) is 3.06. The molecule has 0 bridgehead atoms. The van der Waals surface area contributed by atoms with Crippen LogP contribution in [0.25, 0.3) is 0 Å². The van der Waals surface area contributed by atoms with E-state index >= 15 is 0 Å². The van der Waals surface area contributed by atoms with Crippen molar-refractivity contribution in [3.8, 4) is 11.5 Å². The predicted octanol–water partition coefficient (Wildman–Crippen LogP) is 2.48. The fraction of sp³-hybridized carbons (Fsp3) is 0.409. The first-order chi connectivity index (χ1) is 14.9. The lowest BCUT2D eigenvalue weighted by Crippen LogP contribution is -2.35. The Labute approximate surface area is 184 Å². The normalized spacial score (nSPS) is 15.5. The van der Waals surface area contributed by atoms with E-state index in [1.54, 1.807) is 36.7 Å². The van der Waals surface area contributed by atoms with E-state index in [1.807, 2.05) is 24.3 Å². The van der Waals surface area contributed by atoms with E-state index in [1.165, 1.54) is 0 Å². The number of nitrogens with two attached hydrogens (primary N) is 1. The Balaban J connectivity index is 1.62. The number of ether oxygens (including phenoxy) is 2. The van der Waals surface area contributed by atoms with Gasteiger partial charge in [-0.05, 0) is 48.2 Å². The molecule has 0 radical (unpaired) electrons. The number of nitrogens with zero attached hydrogens (tertiary/aromatic N) is 2. The first-order valence-electron chi connectivity index (χ1n) is 10.3. The van der Waals surface area contributed by atoms with Crippen molar-refractivity contribution >= 4 is 16.0 Å². The molecule has 3 rings (SSSR count). The van der Waals surface area contributed by atoms with Crippen LogP contribution in [0, 0.1) is 0 Å². The molecule has 0 saturated carbocycles. The summed E-state index contributed by atoms with van der Waals surface area (Å²) in [5.74, 6) is 1.58. The highest BCUT2D eigenvalue weighted by Gasteiger charge is 2.25. The molecule has 0 aliphatic carbocycles. The van der Waals surface area contributed by atoms with E-state index in [4.69, 9.17) is 15.2 Å². The van der Waals surface area contributed by atoms with Crippen LogP contribution in [0.5, 0.6) is 11.5 Å². The number of nitrogens with one attached hydrogen (secondary N) is 1. The van der Waals surface area contributed by atoms with Gasteiger partial charge < -0.3 is 20.5 Å². The zero-order valence-electron chi connectivity index (χ0n) is 18.0. The lowest BCUT2D eigenvalue weighted by molar-refractivity contribution is 0.346. The van der Waals surface area contributed by atoms with Gasteiger partial charge in [0, 0.05) is 19.6 Å². The first-order valence-corrected chi connectivity index (χ1v) is 11.7. The fourth-order valence-corrected chi connectivity index (χ4v) is 5.06. The second kappa shape index (κ2) is 10.5. The van der Waals surface area contributed by atoms with Gasteiger partial charge in [0.05, 0.1) is 25.7 Å². The minimum atomic E-state index is -3.47. The average Bonchev–Trinajstić information content (AvgIpc) is 2.81. The number of benzene rings is 2. The predicted molar refractivity (Wildman–Crippen MR) is 121 cm³/mol. The van der Waals surface area contributed by atoms with Crippen LogP contribution in [0.4, 0.5) is 0 Å². The van der Waals surface area contributed by atoms with E-state index in [2.05, 4.69) is 10.3 Å². The molecular weight excluding hydrogens is 416 g/mol. The molecule has 1 aliphatic heterocycles. The molecule has 31 heavy (non-hydrogen) atoms. The Kier molecular flexibility index (Phi) is 7.75. The minimum Gasteiger partial charge on any atom is -0.493 e. The molecule has 3 N–H and O–H groups in total. The van der Waals surface area contributed by atoms with Crippen LogP contribution < -0.4 is 20.5 Å². The summed E-state index contributed by atoms with van der Waals surface area (Å²) in [6.45, 7) is 1.92. The molecule has 0 atom stereocenters. The van der Waals surface area contributed by atoms with Crippen molar-refractivity contribution < 1.29 is 17.9 Å². The third-order valence-corrected chi connectivity index (χ3v) is 7.10. The topological polar surface area (TPSA) is 106 Å². The van der Waals surface area contributed by atoms with E-state index < -0.39 is 10.0 Å². The van der Waals surface area contributed by atoms with Crippen molar-refractivity contribution in [1.82, 2.24) is 9.62 Å². The number of methoxy groups -OCH3 is 2. The average molecular weight is 447 g/mol. The third kappa shape index (κ3) is 5.89. The molecule has 0 unspecified atom stereocenters. The molecule has 8 nitrogen and oxygen atoms in total. The van der Waals surface area contributed by atoms with Gasteiger partial charge >= 0.3 is 0 Å². The van der Waals surface area contributed by atoms with E-state index in [9.17, 15) is 8.42 Å². The van der Waals surface area contributed by atoms with E-state index in [-0.39, 0.29) is 12.5 Å². The third-order valence-electron chi connectivity index (χ3n) is 5.20. The van der Waals surface area contributed by atoms with Gasteiger partial charge in [0.15, 0.2) is 17.5 Å². The Morgan fingerprint density at radius 1 is 1.03 bits per heavy atom. The highest BCUT2D eigenvalue weighted by Crippen LogP contribution is 2.27. The number of sulfonamides is 1. The van der Waals surface area contributed by atoms with Crippen LogP contribution in [0.2, 0.25) is 0 Å². The maximum atomic E-state index is 12.9. The van der Waals surface area contributed by atoms with Gasteiger partial charge in [-0.15, -0.1) is 0 Å². The van der Waals surface area contributed by atoms with Gasteiger partial charge in [0.1, 0.15) is 0 Å². The summed E-state index contributed by atoms with van der Waals surface area (Å²) in [6.07, 6.45) is 2.90. The maximum Gasteiger partial charge on any atom is 0.243 e. The molecule has 2 aromatic rings. The maximum absolute atomic E-state index is 12.9. The number of hydrogen-bond donors (Lipinski definition) is 2. The second-order valence-electron chi connectivity index (χ2n) is 7.36. The first kappa shape index (κ1) is 22.9. The van der Waals surface area contributed by atoms with Crippen molar-refractivity contribution in [2.75, 3.05) is 27.3 Å². The number of guanidine groups is 1. The lowest BCUT2D eigenvalue weighted by Gasteiger charge is -2.26. The molecule has 2 aromatic carbocycles. The van der Waals surface area contributed by atoms with Gasteiger partial charge in [-0.25, -0.2) is 13.4 Å². The Bertz CT molecular complexity index is 1020. The van der Waals surface area contributed by atoms with Crippen LogP contribution >= 0.6 is 0 Å². The smallest absolute Gasteiger partial charge is 0.243 e. The Morgan fingerprint density at radius 3 is 2.48 bits per heavy atom. The number of aliphatic imine (C=N–C) groups is 1. The summed E-state index contributed by atoms with van der Waals surface area (Å²) in [4.78, 5) is 4.65. The molecule has 0 aromatic heterocycles. The molecule has 0 spiro atoms. The minimum absolute atomic E-state index is 0.277. The summed E-state index contributed by atoms with van der Waals surface area (Å²) in [7, 11) is -0.288. The number of hydrogen-bond acceptors (Lipinski definition) is 5. The standard InChI is InChI=1S/C22H30N4O4S/c1-29-20-10-9-18(14-21(20)30-2)16-25-22(23)24-15-17-7-6-8-19(13-17)31(27,28)26-11-4-3-5-12-26/h6-10,13-14H,3-5,11-12,15-16H2,1-2H3,(H3,23,24,25). The van der Waals surface area contributed by atoms with Crippen molar-refractivity contribution in [2.24, 2.45) is 10.7 Å². The van der Waals surface area contributed by atoms with E-state index in [0.29, 0.717) is 36.0 Å². The molecule has 1 aliphatic rings. The summed E-state index contributed by atoms with van der Waals surface area (Å²) < 4.78 is 37.8. The number of piperidine rings is 1. The molecule has 0 amide bonds. The zero-order valence-corrected chi connectivity index (χ0v) is 18.8. The molecule has 168 valence electrons. The molecule has 9 heteroatoms. The summed E-state index contributed by atoms with van der Waals surface area (Å²) in [5.41, 5.74) is 7.74. The van der Waals surface area contributed by atoms with Crippen LogP contribution in [-0.4, -0.2) is 46.0 Å². The van der Waals surface area contributed by atoms with Crippen LogP contribution in [0.3, 0.4) is 0 Å². The van der Waals surface area contributed by atoms with Crippen LogP contribution in [0.1, 0.15) is 30.4 Å². The van der Waals surface area contributed by atoms with Gasteiger partial charge in [-0.2, -0.15) is 4.31 Å². The van der Waals surface area contributed by atoms with Crippen molar-refractivity contribution in [3.05, 3.63) is 53.6 Å². The molecule has 1 heterocycles. The second-order valence-corrected chi connectivity index (χ2v) is 9.29. The summed E-state index contributed by atoms with van der Waals surface area (Å²) >= 11 is 0. The fourth-order valence-electron chi connectivity index (χ4n) is 3.47. The monoisotopic (exact) mass is 446 g/mol. The summed E-state index contributed by atoms with van der Waals surface area (Å²) in [6, 6.07) is 12.5. The van der Waals surface area contributed by atoms with Crippen molar-refractivity contribution in [2.45, 2.75) is 37.2 Å². The number of rotatable bonds is 8.